The zero-order valence-electron chi connectivity index (χ0n) is 17.8. The Hall–Kier alpha value is -1.64. The Bertz CT molecular complexity index is 783. The third-order valence-electron chi connectivity index (χ3n) is 3.56. The maximum absolute atomic E-state index is 13.0. The quantitative estimate of drug-likeness (QED) is 0.293. The lowest BCUT2D eigenvalue weighted by Gasteiger charge is -2.15. The van der Waals surface area contributed by atoms with Crippen LogP contribution < -0.4 is 23.8 Å². The Labute approximate surface area is 184 Å². The molecule has 0 aliphatic heterocycles. The largest absolute Gasteiger partial charge is 0.435 e. The summed E-state index contributed by atoms with van der Waals surface area (Å²) in [5.41, 5.74) is -1.08. The fourth-order valence-corrected chi connectivity index (χ4v) is 3.60. The second-order valence-corrected chi connectivity index (χ2v) is 8.00. The molecule has 0 aliphatic rings. The van der Waals surface area contributed by atoms with Crippen LogP contribution in [0.15, 0.2) is 17.6 Å². The second-order valence-electron chi connectivity index (χ2n) is 6.51. The molecule has 0 bridgehead atoms. The fourth-order valence-electron chi connectivity index (χ4n) is 2.67. The molecule has 0 aromatic carbocycles. The Morgan fingerprint density at radius 2 is 1.74 bits per heavy atom. The van der Waals surface area contributed by atoms with E-state index in [-0.39, 0.29) is 24.4 Å². The predicted molar refractivity (Wildman–Crippen MR) is 117 cm³/mol. The van der Waals surface area contributed by atoms with Crippen molar-refractivity contribution in [3.63, 3.8) is 0 Å². The summed E-state index contributed by atoms with van der Waals surface area (Å²) in [6.45, 7) is 6.26. The molecule has 1 atom stereocenters. The van der Waals surface area contributed by atoms with Crippen molar-refractivity contribution >= 4 is 31.5 Å². The number of amides is 1. The number of carbonyl (C=O) groups is 1. The number of nitrogens with zero attached hydrogens (tertiary/aromatic N) is 2. The van der Waals surface area contributed by atoms with Gasteiger partial charge >= 0.3 is 14.8 Å². The van der Waals surface area contributed by atoms with Crippen LogP contribution in [0.1, 0.15) is 54.0 Å². The third-order valence-corrected chi connectivity index (χ3v) is 4.71. The lowest BCUT2D eigenvalue weighted by Crippen LogP contribution is -2.18. The predicted octanol–water partition coefficient (Wildman–Crippen LogP) is 4.58. The van der Waals surface area contributed by atoms with E-state index in [1.165, 1.54) is 18.4 Å². The number of aryl methyl sites for hydroxylation is 1. The Balaban J connectivity index is -0.00000103. The molecular formula is C16H32F3N6O4PS. The molecule has 0 saturated carbocycles. The van der Waals surface area contributed by atoms with Gasteiger partial charge in [-0.05, 0) is 29.7 Å². The first kappa shape index (κ1) is 34.0. The maximum atomic E-state index is 13.0. The average molecular weight is 493 g/mol. The van der Waals surface area contributed by atoms with Crippen molar-refractivity contribution in [2.45, 2.75) is 39.3 Å². The summed E-state index contributed by atoms with van der Waals surface area (Å²) in [5, 5.41) is 7.80. The van der Waals surface area contributed by atoms with Gasteiger partial charge in [0.05, 0.1) is 11.3 Å². The molecule has 13 N–H and O–H groups in total. The van der Waals surface area contributed by atoms with Gasteiger partial charge in [-0.3, -0.25) is 9.48 Å². The molecule has 182 valence electrons. The van der Waals surface area contributed by atoms with Gasteiger partial charge in [0.1, 0.15) is 0 Å². The lowest BCUT2D eigenvalue weighted by molar-refractivity contribution is -0.141. The van der Waals surface area contributed by atoms with Gasteiger partial charge in [-0.25, -0.2) is 0 Å². The summed E-state index contributed by atoms with van der Waals surface area (Å²) < 4.78 is 40.0. The highest BCUT2D eigenvalue weighted by molar-refractivity contribution is 7.38. The van der Waals surface area contributed by atoms with Crippen molar-refractivity contribution in [3.8, 4) is 0 Å². The number of rotatable bonds is 5. The van der Waals surface area contributed by atoms with Gasteiger partial charge in [-0.1, -0.05) is 20.8 Å². The van der Waals surface area contributed by atoms with Crippen LogP contribution in [0, 0.1) is 5.92 Å². The van der Waals surface area contributed by atoms with Crippen LogP contribution in [-0.2, 0) is 13.2 Å². The van der Waals surface area contributed by atoms with E-state index in [0.29, 0.717) is 11.6 Å². The first-order chi connectivity index (χ1) is 12.8. The van der Waals surface area contributed by atoms with Gasteiger partial charge < -0.3 is 38.4 Å². The van der Waals surface area contributed by atoms with Crippen LogP contribution in [0.4, 0.5) is 18.9 Å². The number of halogens is 3. The Kier molecular flexibility index (Phi) is 15.8. The number of alkyl halides is 3. The zero-order chi connectivity index (χ0) is 21.6. The van der Waals surface area contributed by atoms with Gasteiger partial charge in [0.25, 0.3) is 5.91 Å². The van der Waals surface area contributed by atoms with E-state index in [1.807, 2.05) is 12.3 Å². The molecule has 0 spiro atoms. The molecule has 0 aliphatic carbocycles. The van der Waals surface area contributed by atoms with E-state index >= 15 is 0 Å². The summed E-state index contributed by atoms with van der Waals surface area (Å²) in [6.07, 6.45) is -2.65. The molecule has 2 aromatic heterocycles. The third kappa shape index (κ3) is 11.0. The Morgan fingerprint density at radius 3 is 2.19 bits per heavy atom. The van der Waals surface area contributed by atoms with Crippen molar-refractivity contribution in [1.29, 1.82) is 0 Å². The van der Waals surface area contributed by atoms with Crippen LogP contribution >= 0.6 is 19.9 Å². The second kappa shape index (κ2) is 14.4. The highest BCUT2D eigenvalue weighted by Gasteiger charge is 2.39. The van der Waals surface area contributed by atoms with Crippen molar-refractivity contribution in [2.75, 3.05) is 5.32 Å². The minimum absolute atomic E-state index is 0. The molecule has 15 heteroatoms. The number of anilines is 1. The topological polar surface area (TPSA) is 213 Å². The molecule has 10 nitrogen and oxygen atoms in total. The SMILES string of the molecule is CC(C)CC(C)c1sccc1NC(=O)c1cn(C)nc1C(F)(F)F.N.N.N.OP(O)O. The lowest BCUT2D eigenvalue weighted by atomic mass is 9.97. The summed E-state index contributed by atoms with van der Waals surface area (Å²) in [6, 6.07) is 1.72. The molecule has 0 saturated heterocycles. The summed E-state index contributed by atoms with van der Waals surface area (Å²) in [5.74, 6) is -0.0936. The van der Waals surface area contributed by atoms with Crippen molar-refractivity contribution in [3.05, 3.63) is 33.8 Å². The Morgan fingerprint density at radius 1 is 1.23 bits per heavy atom. The van der Waals surface area contributed by atoms with Crippen molar-refractivity contribution in [2.24, 2.45) is 13.0 Å². The number of hydrogen-bond donors (Lipinski definition) is 7. The maximum Gasteiger partial charge on any atom is 0.435 e. The zero-order valence-corrected chi connectivity index (χ0v) is 19.6. The summed E-state index contributed by atoms with van der Waals surface area (Å²) >= 11 is 1.49. The molecule has 2 aromatic rings. The molecule has 1 amide bonds. The summed E-state index contributed by atoms with van der Waals surface area (Å²) in [7, 11) is -1.27. The molecule has 31 heavy (non-hydrogen) atoms. The molecule has 1 unspecified atom stereocenters. The number of thiophene rings is 1. The smallest absolute Gasteiger partial charge is 0.344 e. The molecular weight excluding hydrogens is 460 g/mol. The van der Waals surface area contributed by atoms with E-state index in [4.69, 9.17) is 14.7 Å². The minimum Gasteiger partial charge on any atom is -0.344 e. The van der Waals surface area contributed by atoms with E-state index in [9.17, 15) is 18.0 Å². The molecule has 0 fully saturated rings. The van der Waals surface area contributed by atoms with Crippen LogP contribution in [0.3, 0.4) is 0 Å². The monoisotopic (exact) mass is 492 g/mol. The number of nitrogens with one attached hydrogen (secondary N) is 1. The van der Waals surface area contributed by atoms with Crippen molar-refractivity contribution < 1.29 is 32.6 Å². The molecule has 2 rings (SSSR count). The van der Waals surface area contributed by atoms with Gasteiger partial charge in [-0.2, -0.15) is 18.3 Å². The van der Waals surface area contributed by atoms with Gasteiger partial charge in [0.2, 0.25) is 0 Å². The number of aromatic nitrogens is 2. The van der Waals surface area contributed by atoms with Crippen LogP contribution in [0.5, 0.6) is 0 Å². The molecule has 2 heterocycles. The van der Waals surface area contributed by atoms with Crippen molar-refractivity contribution in [1.82, 2.24) is 28.2 Å². The van der Waals surface area contributed by atoms with E-state index in [2.05, 4.69) is 24.3 Å². The van der Waals surface area contributed by atoms with Crippen LogP contribution in [-0.4, -0.2) is 30.4 Å². The molecule has 0 radical (unpaired) electrons. The minimum atomic E-state index is -4.67. The standard InChI is InChI=1S/C16H20F3N3OS.3H3N.H3O3P/c1-9(2)7-10(3)13-12(5-6-24-13)20-15(23)11-8-22(4)21-14(11)16(17,18)19;;;;1-4(2)3/h5-6,8-10H,7H2,1-4H3,(H,20,23);3*1H3;1-3H. The van der Waals surface area contributed by atoms with Crippen LogP contribution in [0.2, 0.25) is 0 Å². The van der Waals surface area contributed by atoms with Gasteiger partial charge in [-0.15, -0.1) is 11.3 Å². The number of carbonyl (C=O) groups excluding carboxylic acids is 1. The first-order valence-electron chi connectivity index (χ1n) is 8.19. The van der Waals surface area contributed by atoms with E-state index < -0.39 is 31.9 Å². The normalized spacial score (nSPS) is 11.5. The highest BCUT2D eigenvalue weighted by Crippen LogP contribution is 2.35. The van der Waals surface area contributed by atoms with Gasteiger partial charge in [0, 0.05) is 18.1 Å². The fraction of sp³-hybridized carbons (Fsp3) is 0.500. The van der Waals surface area contributed by atoms with Crippen LogP contribution in [0.25, 0.3) is 0 Å². The summed E-state index contributed by atoms with van der Waals surface area (Å²) in [4.78, 5) is 35.0. The highest BCUT2D eigenvalue weighted by atomic mass is 32.1. The van der Waals surface area contributed by atoms with Gasteiger partial charge in [0.15, 0.2) is 5.69 Å². The van der Waals surface area contributed by atoms with E-state index in [0.717, 1.165) is 22.2 Å². The first-order valence-corrected chi connectivity index (χ1v) is 10.3. The number of hydrogen-bond acceptors (Lipinski definition) is 9. The average Bonchev–Trinajstić information content (AvgIpc) is 3.11. The van der Waals surface area contributed by atoms with E-state index in [1.54, 1.807) is 6.07 Å².